The Bertz CT molecular complexity index is 594. The maximum Gasteiger partial charge on any atom is 0.250 e. The molecule has 0 heterocycles. The lowest BCUT2D eigenvalue weighted by atomic mass is 10.0. The van der Waals surface area contributed by atoms with Gasteiger partial charge in [-0.15, -0.1) is 0 Å². The van der Waals surface area contributed by atoms with Crippen LogP contribution in [0.1, 0.15) is 5.56 Å². The summed E-state index contributed by atoms with van der Waals surface area (Å²) in [5.41, 5.74) is 8.25. The molecule has 0 fully saturated rings. The van der Waals surface area contributed by atoms with Crippen LogP contribution < -0.4 is 11.1 Å². The predicted molar refractivity (Wildman–Crippen MR) is 73.6 cm³/mol. The highest BCUT2D eigenvalue weighted by molar-refractivity contribution is 6.05. The maximum atomic E-state index is 11.6. The normalized spacial score (nSPS) is 10.6. The Labute approximate surface area is 106 Å². The summed E-state index contributed by atoms with van der Waals surface area (Å²) in [6, 6.07) is 9.72. The number of hydrogen-bond acceptors (Lipinski definition) is 3. The quantitative estimate of drug-likeness (QED) is 0.814. The highest BCUT2D eigenvalue weighted by Gasteiger charge is 2.10. The third-order valence-corrected chi connectivity index (χ3v) is 2.89. The fourth-order valence-electron chi connectivity index (χ4n) is 1.94. The first-order chi connectivity index (χ1) is 8.63. The molecule has 2 aromatic rings. The highest BCUT2D eigenvalue weighted by atomic mass is 16.5. The summed E-state index contributed by atoms with van der Waals surface area (Å²) < 4.78 is 4.81. The molecular formula is C14H16N2O2. The van der Waals surface area contributed by atoms with E-state index in [1.165, 1.54) is 7.11 Å². The molecule has 0 saturated carbocycles. The van der Waals surface area contributed by atoms with Gasteiger partial charge in [-0.2, -0.15) is 0 Å². The van der Waals surface area contributed by atoms with Crippen molar-refractivity contribution < 1.29 is 9.53 Å². The summed E-state index contributed by atoms with van der Waals surface area (Å²) in [6.07, 6.45) is 0. The van der Waals surface area contributed by atoms with Crippen molar-refractivity contribution in [3.63, 3.8) is 0 Å². The number of benzene rings is 2. The smallest absolute Gasteiger partial charge is 0.250 e. The minimum atomic E-state index is -0.184. The summed E-state index contributed by atoms with van der Waals surface area (Å²) in [6.45, 7) is 1.92. The van der Waals surface area contributed by atoms with Gasteiger partial charge in [-0.3, -0.25) is 4.79 Å². The number of fused-ring (bicyclic) bond motifs is 1. The van der Waals surface area contributed by atoms with Gasteiger partial charge in [0.15, 0.2) is 0 Å². The molecule has 0 aliphatic carbocycles. The van der Waals surface area contributed by atoms with Gasteiger partial charge in [-0.05, 0) is 23.9 Å². The van der Waals surface area contributed by atoms with E-state index in [0.29, 0.717) is 5.69 Å². The summed E-state index contributed by atoms with van der Waals surface area (Å²) in [5, 5.41) is 4.84. The van der Waals surface area contributed by atoms with Crippen molar-refractivity contribution in [3.8, 4) is 0 Å². The molecule has 18 heavy (non-hydrogen) atoms. The fraction of sp³-hybridized carbons (Fsp3) is 0.214. The van der Waals surface area contributed by atoms with Crippen LogP contribution in [-0.2, 0) is 9.53 Å². The van der Waals surface area contributed by atoms with Crippen LogP contribution in [-0.4, -0.2) is 19.6 Å². The van der Waals surface area contributed by atoms with Crippen LogP contribution in [0.5, 0.6) is 0 Å². The molecule has 3 N–H and O–H groups in total. The first-order valence-corrected chi connectivity index (χ1v) is 5.70. The Morgan fingerprint density at radius 1 is 1.39 bits per heavy atom. The first-order valence-electron chi connectivity index (χ1n) is 5.70. The number of carbonyl (C=O) groups excluding carboxylic acids is 1. The fourth-order valence-corrected chi connectivity index (χ4v) is 1.94. The van der Waals surface area contributed by atoms with Gasteiger partial charge in [0.2, 0.25) is 5.91 Å². The van der Waals surface area contributed by atoms with E-state index in [1.54, 1.807) is 0 Å². The van der Waals surface area contributed by atoms with Crippen LogP contribution in [0, 0.1) is 6.92 Å². The zero-order chi connectivity index (χ0) is 13.1. The van der Waals surface area contributed by atoms with E-state index < -0.39 is 0 Å². The van der Waals surface area contributed by atoms with Crippen molar-refractivity contribution in [1.29, 1.82) is 0 Å². The van der Waals surface area contributed by atoms with E-state index >= 15 is 0 Å². The molecule has 0 bridgehead atoms. The molecule has 0 atom stereocenters. The average molecular weight is 244 g/mol. The van der Waals surface area contributed by atoms with Gasteiger partial charge >= 0.3 is 0 Å². The number of amides is 1. The van der Waals surface area contributed by atoms with E-state index in [9.17, 15) is 4.79 Å². The van der Waals surface area contributed by atoms with Crippen LogP contribution in [0.4, 0.5) is 11.4 Å². The summed E-state index contributed by atoms with van der Waals surface area (Å²) in [7, 11) is 1.49. The van der Waals surface area contributed by atoms with Gasteiger partial charge in [-0.1, -0.05) is 24.3 Å². The maximum absolute atomic E-state index is 11.6. The van der Waals surface area contributed by atoms with Crippen LogP contribution in [0.3, 0.4) is 0 Å². The lowest BCUT2D eigenvalue weighted by Crippen LogP contribution is -2.18. The first kappa shape index (κ1) is 12.4. The third-order valence-electron chi connectivity index (χ3n) is 2.89. The van der Waals surface area contributed by atoms with Crippen LogP contribution >= 0.6 is 0 Å². The molecule has 0 spiro atoms. The topological polar surface area (TPSA) is 64.3 Å². The molecule has 94 valence electrons. The number of nitrogens with one attached hydrogen (secondary N) is 1. The van der Waals surface area contributed by atoms with Crippen molar-refractivity contribution in [1.82, 2.24) is 0 Å². The van der Waals surface area contributed by atoms with Crippen molar-refractivity contribution in [2.24, 2.45) is 0 Å². The predicted octanol–water partition coefficient (Wildman–Crippen LogP) is 2.32. The number of anilines is 2. The highest BCUT2D eigenvalue weighted by Crippen LogP contribution is 2.31. The van der Waals surface area contributed by atoms with Crippen molar-refractivity contribution in [3.05, 3.63) is 35.9 Å². The summed E-state index contributed by atoms with van der Waals surface area (Å²) in [5.74, 6) is -0.184. The average Bonchev–Trinajstić information content (AvgIpc) is 2.35. The molecule has 0 aromatic heterocycles. The molecule has 4 nitrogen and oxygen atoms in total. The zero-order valence-corrected chi connectivity index (χ0v) is 10.5. The minimum absolute atomic E-state index is 0.0303. The van der Waals surface area contributed by atoms with Crippen LogP contribution in [0.2, 0.25) is 0 Å². The van der Waals surface area contributed by atoms with Gasteiger partial charge in [0.1, 0.15) is 6.61 Å². The number of methoxy groups -OCH3 is 1. The summed E-state index contributed by atoms with van der Waals surface area (Å²) in [4.78, 5) is 11.6. The van der Waals surface area contributed by atoms with Crippen molar-refractivity contribution >= 4 is 28.1 Å². The Morgan fingerprint density at radius 3 is 2.83 bits per heavy atom. The Hall–Kier alpha value is -2.07. The van der Waals surface area contributed by atoms with Crippen LogP contribution in [0.25, 0.3) is 10.8 Å². The monoisotopic (exact) mass is 244 g/mol. The number of carbonyl (C=O) groups is 1. The summed E-state index contributed by atoms with van der Waals surface area (Å²) >= 11 is 0. The number of rotatable bonds is 3. The molecule has 4 heteroatoms. The zero-order valence-electron chi connectivity index (χ0n) is 10.5. The van der Waals surface area contributed by atoms with Gasteiger partial charge in [0.25, 0.3) is 0 Å². The number of ether oxygens (including phenoxy) is 1. The second-order valence-corrected chi connectivity index (χ2v) is 4.17. The minimum Gasteiger partial charge on any atom is -0.398 e. The second-order valence-electron chi connectivity index (χ2n) is 4.17. The lowest BCUT2D eigenvalue weighted by molar-refractivity contribution is -0.119. The largest absolute Gasteiger partial charge is 0.398 e. The van der Waals surface area contributed by atoms with Gasteiger partial charge in [-0.25, -0.2) is 0 Å². The van der Waals surface area contributed by atoms with Gasteiger partial charge in [0, 0.05) is 18.2 Å². The Morgan fingerprint density at radius 2 is 2.11 bits per heavy atom. The van der Waals surface area contributed by atoms with Crippen molar-refractivity contribution in [2.45, 2.75) is 6.92 Å². The number of nitrogen functional groups attached to an aromatic ring is 1. The Balaban J connectivity index is 2.53. The van der Waals surface area contributed by atoms with E-state index in [0.717, 1.165) is 22.0 Å². The molecule has 1 amide bonds. The molecule has 0 unspecified atom stereocenters. The van der Waals surface area contributed by atoms with Crippen LogP contribution in [0.15, 0.2) is 30.3 Å². The second kappa shape index (κ2) is 5.06. The molecule has 0 saturated heterocycles. The Kier molecular flexibility index (Phi) is 3.48. The van der Waals surface area contributed by atoms with E-state index in [4.69, 9.17) is 10.5 Å². The van der Waals surface area contributed by atoms with E-state index in [2.05, 4.69) is 5.32 Å². The van der Waals surface area contributed by atoms with E-state index in [-0.39, 0.29) is 12.5 Å². The number of nitrogens with two attached hydrogens (primary N) is 1. The standard InChI is InChI=1S/C14H16N2O2/c1-9-12(15)7-10-5-3-4-6-11(10)14(9)16-13(17)8-18-2/h3-7H,8,15H2,1-2H3,(H,16,17). The van der Waals surface area contributed by atoms with Crippen molar-refractivity contribution in [2.75, 3.05) is 24.8 Å². The third kappa shape index (κ3) is 2.28. The molecule has 2 aromatic carbocycles. The number of hydrogen-bond donors (Lipinski definition) is 2. The van der Waals surface area contributed by atoms with Gasteiger partial charge in [0.05, 0.1) is 5.69 Å². The SMILES string of the molecule is COCC(=O)Nc1c(C)c(N)cc2ccccc12. The molecule has 2 rings (SSSR count). The molecule has 0 radical (unpaired) electrons. The van der Waals surface area contributed by atoms with Gasteiger partial charge < -0.3 is 15.8 Å². The molecular weight excluding hydrogens is 228 g/mol. The molecule has 0 aliphatic heterocycles. The lowest BCUT2D eigenvalue weighted by Gasteiger charge is -2.14. The molecule has 0 aliphatic rings. The van der Waals surface area contributed by atoms with E-state index in [1.807, 2.05) is 37.3 Å².